The van der Waals surface area contributed by atoms with Crippen LogP contribution in [-0.4, -0.2) is 63.2 Å². The molecule has 0 aromatic rings. The molecule has 0 aromatic heterocycles. The highest BCUT2D eigenvalue weighted by Gasteiger charge is 2.21. The SMILES string of the molecule is CCCNC(=O)CN=C(NCC)N(C)CCOCC1CC1. The third kappa shape index (κ3) is 8.55. The topological polar surface area (TPSA) is 66.0 Å². The largest absolute Gasteiger partial charge is 0.379 e. The summed E-state index contributed by atoms with van der Waals surface area (Å²) in [5.41, 5.74) is 0. The maximum Gasteiger partial charge on any atom is 0.241 e. The minimum absolute atomic E-state index is 0.0364. The molecule has 6 nitrogen and oxygen atoms in total. The van der Waals surface area contributed by atoms with Crippen molar-refractivity contribution in [2.45, 2.75) is 33.1 Å². The van der Waals surface area contributed by atoms with Gasteiger partial charge in [0.15, 0.2) is 5.96 Å². The Morgan fingerprint density at radius 3 is 2.71 bits per heavy atom. The highest BCUT2D eigenvalue weighted by molar-refractivity contribution is 5.84. The molecule has 1 amide bonds. The summed E-state index contributed by atoms with van der Waals surface area (Å²) >= 11 is 0. The number of nitrogens with zero attached hydrogens (tertiary/aromatic N) is 2. The van der Waals surface area contributed by atoms with Crippen molar-refractivity contribution >= 4 is 11.9 Å². The predicted molar refractivity (Wildman–Crippen MR) is 85.5 cm³/mol. The predicted octanol–water partition coefficient (Wildman–Crippen LogP) is 0.837. The number of ether oxygens (including phenoxy) is 1. The fourth-order valence-corrected chi connectivity index (χ4v) is 1.78. The third-order valence-corrected chi connectivity index (χ3v) is 3.26. The van der Waals surface area contributed by atoms with E-state index in [0.717, 1.165) is 38.0 Å². The number of rotatable bonds is 10. The van der Waals surface area contributed by atoms with Crippen LogP contribution in [0, 0.1) is 5.92 Å². The Kier molecular flexibility index (Phi) is 8.82. The number of hydrogen-bond acceptors (Lipinski definition) is 3. The van der Waals surface area contributed by atoms with Gasteiger partial charge < -0.3 is 20.3 Å². The van der Waals surface area contributed by atoms with Crippen LogP contribution in [0.3, 0.4) is 0 Å². The molecule has 0 bridgehead atoms. The molecule has 6 heteroatoms. The third-order valence-electron chi connectivity index (χ3n) is 3.26. The zero-order chi connectivity index (χ0) is 15.5. The molecular weight excluding hydrogens is 268 g/mol. The van der Waals surface area contributed by atoms with E-state index in [1.807, 2.05) is 25.8 Å². The molecule has 1 fully saturated rings. The molecule has 0 unspecified atom stereocenters. The lowest BCUT2D eigenvalue weighted by Gasteiger charge is -2.21. The van der Waals surface area contributed by atoms with E-state index < -0.39 is 0 Å². The van der Waals surface area contributed by atoms with Gasteiger partial charge in [-0.3, -0.25) is 4.79 Å². The molecule has 1 rings (SSSR count). The van der Waals surface area contributed by atoms with Gasteiger partial charge >= 0.3 is 0 Å². The molecular formula is C15H30N4O2. The highest BCUT2D eigenvalue weighted by Crippen LogP contribution is 2.28. The molecule has 0 heterocycles. The summed E-state index contributed by atoms with van der Waals surface area (Å²) in [6, 6.07) is 0. The fraction of sp³-hybridized carbons (Fsp3) is 0.867. The first-order chi connectivity index (χ1) is 10.2. The van der Waals surface area contributed by atoms with E-state index in [4.69, 9.17) is 4.74 Å². The van der Waals surface area contributed by atoms with Crippen molar-refractivity contribution < 1.29 is 9.53 Å². The first-order valence-corrected chi connectivity index (χ1v) is 8.01. The summed E-state index contributed by atoms with van der Waals surface area (Å²) in [6.45, 7) is 8.04. The second-order valence-corrected chi connectivity index (χ2v) is 5.46. The Bertz CT molecular complexity index is 330. The van der Waals surface area contributed by atoms with Crippen LogP contribution in [0.15, 0.2) is 4.99 Å². The average Bonchev–Trinajstić information content (AvgIpc) is 3.29. The lowest BCUT2D eigenvalue weighted by atomic mass is 10.4. The average molecular weight is 298 g/mol. The van der Waals surface area contributed by atoms with Gasteiger partial charge in [0.05, 0.1) is 6.61 Å². The molecule has 2 N–H and O–H groups in total. The van der Waals surface area contributed by atoms with Crippen molar-refractivity contribution in [1.29, 1.82) is 0 Å². The second-order valence-electron chi connectivity index (χ2n) is 5.46. The molecule has 0 radical (unpaired) electrons. The number of carbonyl (C=O) groups excluding carboxylic acids is 1. The van der Waals surface area contributed by atoms with Crippen LogP contribution in [-0.2, 0) is 9.53 Å². The van der Waals surface area contributed by atoms with Crippen molar-refractivity contribution in [3.05, 3.63) is 0 Å². The molecule has 0 saturated heterocycles. The van der Waals surface area contributed by atoms with Gasteiger partial charge in [-0.1, -0.05) is 6.92 Å². The zero-order valence-electron chi connectivity index (χ0n) is 13.7. The van der Waals surface area contributed by atoms with E-state index in [-0.39, 0.29) is 12.5 Å². The van der Waals surface area contributed by atoms with Crippen LogP contribution in [0.1, 0.15) is 33.1 Å². The standard InChI is InChI=1S/C15H30N4O2/c1-4-8-17-14(20)11-18-15(16-5-2)19(3)9-10-21-12-13-6-7-13/h13H,4-12H2,1-3H3,(H,16,18)(H,17,20). The summed E-state index contributed by atoms with van der Waals surface area (Å²) in [5, 5.41) is 6.02. The van der Waals surface area contributed by atoms with Crippen molar-refractivity contribution in [2.75, 3.05) is 46.4 Å². The smallest absolute Gasteiger partial charge is 0.241 e. The van der Waals surface area contributed by atoms with Crippen molar-refractivity contribution in [1.82, 2.24) is 15.5 Å². The van der Waals surface area contributed by atoms with Crippen LogP contribution in [0.2, 0.25) is 0 Å². The molecule has 0 aromatic carbocycles. The summed E-state index contributed by atoms with van der Waals surface area (Å²) in [5.74, 6) is 1.50. The lowest BCUT2D eigenvalue weighted by molar-refractivity contribution is -0.119. The van der Waals surface area contributed by atoms with Crippen LogP contribution in [0.25, 0.3) is 0 Å². The van der Waals surface area contributed by atoms with Gasteiger partial charge in [0, 0.05) is 33.3 Å². The molecule has 0 aliphatic heterocycles. The molecule has 122 valence electrons. The normalized spacial score (nSPS) is 14.9. The molecule has 1 saturated carbocycles. The summed E-state index contributed by atoms with van der Waals surface area (Å²) in [7, 11) is 1.96. The Morgan fingerprint density at radius 2 is 2.10 bits per heavy atom. The Balaban J connectivity index is 2.28. The van der Waals surface area contributed by atoms with Gasteiger partial charge in [-0.15, -0.1) is 0 Å². The number of guanidine groups is 1. The van der Waals surface area contributed by atoms with Crippen molar-refractivity contribution in [3.63, 3.8) is 0 Å². The van der Waals surface area contributed by atoms with Gasteiger partial charge in [-0.2, -0.15) is 0 Å². The van der Waals surface area contributed by atoms with Crippen LogP contribution in [0.5, 0.6) is 0 Å². The molecule has 21 heavy (non-hydrogen) atoms. The fourth-order valence-electron chi connectivity index (χ4n) is 1.78. The van der Waals surface area contributed by atoms with Gasteiger partial charge in [-0.25, -0.2) is 4.99 Å². The van der Waals surface area contributed by atoms with Gasteiger partial charge in [0.2, 0.25) is 5.91 Å². The van der Waals surface area contributed by atoms with E-state index >= 15 is 0 Å². The zero-order valence-corrected chi connectivity index (χ0v) is 13.7. The van der Waals surface area contributed by atoms with Crippen molar-refractivity contribution in [2.24, 2.45) is 10.9 Å². The van der Waals surface area contributed by atoms with Crippen LogP contribution in [0.4, 0.5) is 0 Å². The molecule has 1 aliphatic rings. The Labute approximate surface area is 128 Å². The van der Waals surface area contributed by atoms with Gasteiger partial charge in [0.25, 0.3) is 0 Å². The monoisotopic (exact) mass is 298 g/mol. The summed E-state index contributed by atoms with van der Waals surface area (Å²) < 4.78 is 5.63. The van der Waals surface area contributed by atoms with Crippen LogP contribution < -0.4 is 10.6 Å². The molecule has 0 spiro atoms. The Morgan fingerprint density at radius 1 is 1.33 bits per heavy atom. The Hall–Kier alpha value is -1.30. The van der Waals surface area contributed by atoms with E-state index in [9.17, 15) is 4.79 Å². The molecule has 1 aliphatic carbocycles. The van der Waals surface area contributed by atoms with E-state index in [1.54, 1.807) is 0 Å². The summed E-state index contributed by atoms with van der Waals surface area (Å²) in [4.78, 5) is 17.9. The van der Waals surface area contributed by atoms with Crippen molar-refractivity contribution in [3.8, 4) is 0 Å². The first-order valence-electron chi connectivity index (χ1n) is 8.01. The van der Waals surface area contributed by atoms with Crippen LogP contribution >= 0.6 is 0 Å². The minimum Gasteiger partial charge on any atom is -0.379 e. The quantitative estimate of drug-likeness (QED) is 0.356. The van der Waals surface area contributed by atoms with E-state index in [0.29, 0.717) is 13.2 Å². The molecule has 0 atom stereocenters. The van der Waals surface area contributed by atoms with Gasteiger partial charge in [0.1, 0.15) is 6.54 Å². The number of amides is 1. The van der Waals surface area contributed by atoms with Gasteiger partial charge in [-0.05, 0) is 32.1 Å². The number of likely N-dealkylation sites (N-methyl/N-ethyl adjacent to an activating group) is 1. The second kappa shape index (κ2) is 10.4. The number of carbonyl (C=O) groups is 1. The van der Waals surface area contributed by atoms with E-state index in [2.05, 4.69) is 15.6 Å². The lowest BCUT2D eigenvalue weighted by Crippen LogP contribution is -2.41. The van der Waals surface area contributed by atoms with E-state index in [1.165, 1.54) is 12.8 Å². The highest BCUT2D eigenvalue weighted by atomic mass is 16.5. The maximum absolute atomic E-state index is 11.6. The summed E-state index contributed by atoms with van der Waals surface area (Å²) in [6.07, 6.45) is 3.56. The number of hydrogen-bond donors (Lipinski definition) is 2. The number of aliphatic imine (C=N–C) groups is 1. The maximum atomic E-state index is 11.6. The first kappa shape index (κ1) is 17.8. The number of nitrogens with one attached hydrogen (secondary N) is 2. The minimum atomic E-state index is -0.0364.